The first kappa shape index (κ1) is 16.9. The van der Waals surface area contributed by atoms with Crippen LogP contribution in [0.3, 0.4) is 0 Å². The number of pyridine rings is 1. The molecule has 0 aliphatic carbocycles. The molecule has 1 aromatic carbocycles. The molecule has 0 bridgehead atoms. The number of amides is 1. The molecule has 0 saturated carbocycles. The van der Waals surface area contributed by atoms with Gasteiger partial charge in [0.2, 0.25) is 15.9 Å². The van der Waals surface area contributed by atoms with Gasteiger partial charge in [0.15, 0.2) is 0 Å². The van der Waals surface area contributed by atoms with Crippen molar-refractivity contribution in [3.8, 4) is 0 Å². The van der Waals surface area contributed by atoms with E-state index in [-0.39, 0.29) is 23.2 Å². The van der Waals surface area contributed by atoms with Gasteiger partial charge in [-0.1, -0.05) is 36.0 Å². The van der Waals surface area contributed by atoms with Crippen molar-refractivity contribution in [3.05, 3.63) is 54.7 Å². The molecule has 0 radical (unpaired) electrons. The van der Waals surface area contributed by atoms with Crippen molar-refractivity contribution in [2.24, 2.45) is 0 Å². The fourth-order valence-electron chi connectivity index (χ4n) is 2.36. The van der Waals surface area contributed by atoms with E-state index in [0.29, 0.717) is 13.1 Å². The topological polar surface area (TPSA) is 70.6 Å². The van der Waals surface area contributed by atoms with E-state index >= 15 is 0 Å². The predicted octanol–water partition coefficient (Wildman–Crippen LogP) is 1.66. The van der Waals surface area contributed by atoms with E-state index in [1.165, 1.54) is 16.1 Å². The molecular formula is C16H17N3O3S2. The SMILES string of the molecule is O=C(CSc1ccccn1)N1CCN(S(=O)(=O)c2ccccc2)C1. The predicted molar refractivity (Wildman–Crippen MR) is 91.9 cm³/mol. The Hall–Kier alpha value is -1.90. The first-order valence-corrected chi connectivity index (χ1v) is 9.87. The summed E-state index contributed by atoms with van der Waals surface area (Å²) in [5.74, 6) is 0.160. The molecule has 1 aromatic heterocycles. The molecule has 1 fully saturated rings. The number of sulfonamides is 1. The van der Waals surface area contributed by atoms with Crippen LogP contribution in [0.15, 0.2) is 64.6 Å². The lowest BCUT2D eigenvalue weighted by Gasteiger charge is -2.18. The Bertz CT molecular complexity index is 798. The van der Waals surface area contributed by atoms with Gasteiger partial charge in [0.25, 0.3) is 0 Å². The number of aromatic nitrogens is 1. The van der Waals surface area contributed by atoms with Gasteiger partial charge in [0.1, 0.15) is 0 Å². The van der Waals surface area contributed by atoms with Crippen molar-refractivity contribution in [1.29, 1.82) is 0 Å². The third-order valence-corrected chi connectivity index (χ3v) is 6.44. The normalized spacial score (nSPS) is 15.6. The number of nitrogens with zero attached hydrogens (tertiary/aromatic N) is 3. The van der Waals surface area contributed by atoms with Gasteiger partial charge in [-0.3, -0.25) is 4.79 Å². The van der Waals surface area contributed by atoms with Gasteiger partial charge in [-0.2, -0.15) is 4.31 Å². The van der Waals surface area contributed by atoms with E-state index in [0.717, 1.165) is 5.03 Å². The van der Waals surface area contributed by atoms with Crippen LogP contribution in [0, 0.1) is 0 Å². The van der Waals surface area contributed by atoms with Gasteiger partial charge < -0.3 is 4.90 Å². The highest BCUT2D eigenvalue weighted by atomic mass is 32.2. The Morgan fingerprint density at radius 1 is 1.08 bits per heavy atom. The van der Waals surface area contributed by atoms with Crippen molar-refractivity contribution in [2.75, 3.05) is 25.5 Å². The molecule has 1 aliphatic rings. The van der Waals surface area contributed by atoms with Crippen LogP contribution >= 0.6 is 11.8 Å². The number of hydrogen-bond donors (Lipinski definition) is 0. The molecule has 0 spiro atoms. The molecule has 2 heterocycles. The zero-order valence-corrected chi connectivity index (χ0v) is 14.5. The summed E-state index contributed by atoms with van der Waals surface area (Å²) >= 11 is 1.35. The highest BCUT2D eigenvalue weighted by Gasteiger charge is 2.33. The molecule has 3 rings (SSSR count). The van der Waals surface area contributed by atoms with Crippen molar-refractivity contribution in [2.45, 2.75) is 9.92 Å². The minimum atomic E-state index is -3.55. The van der Waals surface area contributed by atoms with E-state index in [2.05, 4.69) is 4.98 Å². The van der Waals surface area contributed by atoms with Crippen molar-refractivity contribution in [1.82, 2.24) is 14.2 Å². The molecule has 1 saturated heterocycles. The van der Waals surface area contributed by atoms with E-state index in [1.807, 2.05) is 18.2 Å². The second-order valence-corrected chi connectivity index (χ2v) is 8.18. The number of hydrogen-bond acceptors (Lipinski definition) is 5. The van der Waals surface area contributed by atoms with Crippen molar-refractivity contribution < 1.29 is 13.2 Å². The Kier molecular flexibility index (Phi) is 5.17. The minimum absolute atomic E-state index is 0.0867. The number of carbonyl (C=O) groups excluding carboxylic acids is 1. The lowest BCUT2D eigenvalue weighted by atomic mass is 10.4. The maximum atomic E-state index is 12.6. The third kappa shape index (κ3) is 3.77. The highest BCUT2D eigenvalue weighted by Crippen LogP contribution is 2.20. The maximum Gasteiger partial charge on any atom is 0.244 e. The Balaban J connectivity index is 1.60. The van der Waals surface area contributed by atoms with E-state index in [9.17, 15) is 13.2 Å². The largest absolute Gasteiger partial charge is 0.327 e. The zero-order valence-electron chi connectivity index (χ0n) is 12.9. The Morgan fingerprint density at radius 2 is 1.83 bits per heavy atom. The Morgan fingerprint density at radius 3 is 2.54 bits per heavy atom. The molecule has 0 unspecified atom stereocenters. The summed E-state index contributed by atoms with van der Waals surface area (Å²) < 4.78 is 26.4. The average molecular weight is 363 g/mol. The quantitative estimate of drug-likeness (QED) is 0.756. The first-order valence-electron chi connectivity index (χ1n) is 7.44. The van der Waals surface area contributed by atoms with Crippen molar-refractivity contribution >= 4 is 27.7 Å². The lowest BCUT2D eigenvalue weighted by molar-refractivity contribution is -0.127. The summed E-state index contributed by atoms with van der Waals surface area (Å²) in [6.07, 6.45) is 1.68. The zero-order chi connectivity index (χ0) is 17.0. The van der Waals surface area contributed by atoms with Gasteiger partial charge in [-0.15, -0.1) is 0 Å². The monoisotopic (exact) mass is 363 g/mol. The summed E-state index contributed by atoms with van der Waals surface area (Å²) in [5.41, 5.74) is 0. The molecule has 0 atom stereocenters. The molecule has 1 aliphatic heterocycles. The molecule has 126 valence electrons. The standard InChI is InChI=1S/C16H17N3O3S2/c20-16(12-23-15-8-4-5-9-17-15)18-10-11-19(13-18)24(21,22)14-6-2-1-3-7-14/h1-9H,10-13H2. The molecule has 1 amide bonds. The van der Waals surface area contributed by atoms with Crippen LogP contribution in [0.4, 0.5) is 0 Å². The van der Waals surface area contributed by atoms with Gasteiger partial charge in [-0.25, -0.2) is 13.4 Å². The van der Waals surface area contributed by atoms with Crippen LogP contribution in [0.2, 0.25) is 0 Å². The summed E-state index contributed by atoms with van der Waals surface area (Å²) in [6.45, 7) is 0.823. The van der Waals surface area contributed by atoms with Gasteiger partial charge >= 0.3 is 0 Å². The molecule has 2 aromatic rings. The highest BCUT2D eigenvalue weighted by molar-refractivity contribution is 7.99. The van der Waals surface area contributed by atoms with Crippen LogP contribution in [0.25, 0.3) is 0 Å². The first-order chi connectivity index (χ1) is 11.6. The number of benzene rings is 1. The van der Waals surface area contributed by atoms with Crippen LogP contribution in [-0.4, -0.2) is 54.0 Å². The smallest absolute Gasteiger partial charge is 0.244 e. The molecular weight excluding hydrogens is 346 g/mol. The second-order valence-electron chi connectivity index (χ2n) is 5.25. The fourth-order valence-corrected chi connectivity index (χ4v) is 4.54. The maximum absolute atomic E-state index is 12.6. The Labute approximate surface area is 145 Å². The summed E-state index contributed by atoms with van der Waals surface area (Å²) in [4.78, 5) is 18.3. The fraction of sp³-hybridized carbons (Fsp3) is 0.250. The number of rotatable bonds is 5. The molecule has 0 N–H and O–H groups in total. The average Bonchev–Trinajstić information content (AvgIpc) is 3.12. The number of thioether (sulfide) groups is 1. The molecule has 24 heavy (non-hydrogen) atoms. The van der Waals surface area contributed by atoms with E-state index in [1.54, 1.807) is 41.4 Å². The third-order valence-electron chi connectivity index (χ3n) is 3.66. The van der Waals surface area contributed by atoms with E-state index < -0.39 is 10.0 Å². The lowest BCUT2D eigenvalue weighted by Crippen LogP contribution is -2.34. The van der Waals surface area contributed by atoms with Crippen molar-refractivity contribution in [3.63, 3.8) is 0 Å². The second kappa shape index (κ2) is 7.33. The van der Waals surface area contributed by atoms with E-state index in [4.69, 9.17) is 0 Å². The molecule has 6 nitrogen and oxygen atoms in total. The van der Waals surface area contributed by atoms with Gasteiger partial charge in [-0.05, 0) is 24.3 Å². The number of carbonyl (C=O) groups is 1. The van der Waals surface area contributed by atoms with Crippen LogP contribution in [-0.2, 0) is 14.8 Å². The van der Waals surface area contributed by atoms with Gasteiger partial charge in [0.05, 0.1) is 22.3 Å². The molecule has 8 heteroatoms. The van der Waals surface area contributed by atoms with Crippen LogP contribution < -0.4 is 0 Å². The van der Waals surface area contributed by atoms with Gasteiger partial charge in [0, 0.05) is 19.3 Å². The summed E-state index contributed by atoms with van der Waals surface area (Å²) in [7, 11) is -3.55. The van der Waals surface area contributed by atoms with Crippen LogP contribution in [0.5, 0.6) is 0 Å². The summed E-state index contributed by atoms with van der Waals surface area (Å²) in [6, 6.07) is 13.8. The summed E-state index contributed by atoms with van der Waals surface area (Å²) in [5, 5.41) is 0.777. The minimum Gasteiger partial charge on any atom is -0.327 e. The van der Waals surface area contributed by atoms with Crippen LogP contribution in [0.1, 0.15) is 0 Å².